The van der Waals surface area contributed by atoms with Gasteiger partial charge in [-0.25, -0.2) is 32.8 Å². The highest BCUT2D eigenvalue weighted by atomic mass is 19.4. The van der Waals surface area contributed by atoms with E-state index in [1.54, 1.807) is 52.0 Å². The number of aromatic nitrogens is 3. The van der Waals surface area contributed by atoms with Crippen molar-refractivity contribution in [3.63, 3.8) is 0 Å². The predicted molar refractivity (Wildman–Crippen MR) is 164 cm³/mol. The summed E-state index contributed by atoms with van der Waals surface area (Å²) in [6.07, 6.45) is -5.38. The number of alkyl halides is 5. The van der Waals surface area contributed by atoms with Crippen LogP contribution in [-0.4, -0.2) is 92.5 Å². The molecule has 48 heavy (non-hydrogen) atoms. The molecule has 1 unspecified atom stereocenters. The standard InChI is InChI=1S/C32H45F5N6O5/c1-28(2,3)47-26(45)40-24(20-9-11-31(33,34)12-10-20)21-17-42-23(39-21)13-19(16-38-42)14-30(18-41(7)8)15-22(32(35,36)37)43(25(30)44)27(46)48-29(4,5)6/h13,16-17,20,22,24H,9-12,14-15,18H2,1-8H3,(H,40,45)/t22-,24-,30?/m0/s1. The van der Waals surface area contributed by atoms with Crippen molar-refractivity contribution in [1.82, 2.24) is 29.7 Å². The van der Waals surface area contributed by atoms with Crippen molar-refractivity contribution in [2.45, 2.75) is 115 Å². The second-order valence-corrected chi connectivity index (χ2v) is 15.3. The van der Waals surface area contributed by atoms with Crippen molar-refractivity contribution in [3.05, 3.63) is 29.7 Å². The molecule has 2 fully saturated rings. The first-order valence-corrected chi connectivity index (χ1v) is 15.9. The second-order valence-electron chi connectivity index (χ2n) is 15.3. The Kier molecular flexibility index (Phi) is 10.1. The van der Waals surface area contributed by atoms with E-state index < -0.39 is 65.3 Å². The zero-order valence-electron chi connectivity index (χ0n) is 28.6. The number of alkyl carbamates (subject to hydrolysis) is 1. The minimum Gasteiger partial charge on any atom is -0.444 e. The summed E-state index contributed by atoms with van der Waals surface area (Å²) in [5.41, 5.74) is -2.62. The summed E-state index contributed by atoms with van der Waals surface area (Å²) in [5.74, 6) is -4.18. The van der Waals surface area contributed by atoms with E-state index in [-0.39, 0.29) is 55.1 Å². The van der Waals surface area contributed by atoms with Crippen molar-refractivity contribution in [3.8, 4) is 0 Å². The van der Waals surface area contributed by atoms with Crippen LogP contribution in [0.5, 0.6) is 0 Å². The van der Waals surface area contributed by atoms with Crippen LogP contribution in [0.1, 0.15) is 90.9 Å². The van der Waals surface area contributed by atoms with Crippen molar-refractivity contribution >= 4 is 23.7 Å². The Morgan fingerprint density at radius 3 is 2.21 bits per heavy atom. The summed E-state index contributed by atoms with van der Waals surface area (Å²) in [6.45, 7) is 9.48. The monoisotopic (exact) mass is 688 g/mol. The third-order valence-corrected chi connectivity index (χ3v) is 8.32. The van der Waals surface area contributed by atoms with Crippen molar-refractivity contribution < 1.29 is 45.8 Å². The molecule has 1 saturated heterocycles. The molecular weight excluding hydrogens is 643 g/mol. The Morgan fingerprint density at radius 2 is 1.67 bits per heavy atom. The van der Waals surface area contributed by atoms with E-state index >= 15 is 0 Å². The molecule has 16 heteroatoms. The number of rotatable bonds is 7. The number of hydrogen-bond donors (Lipinski definition) is 1. The van der Waals surface area contributed by atoms with Gasteiger partial charge >= 0.3 is 18.4 Å². The number of imidazole rings is 1. The molecule has 1 N–H and O–H groups in total. The van der Waals surface area contributed by atoms with E-state index in [0.717, 1.165) is 0 Å². The van der Waals surface area contributed by atoms with Gasteiger partial charge in [0.05, 0.1) is 29.5 Å². The maximum absolute atomic E-state index is 14.3. The number of halogens is 5. The number of amides is 3. The van der Waals surface area contributed by atoms with E-state index in [2.05, 4.69) is 15.4 Å². The number of imide groups is 1. The summed E-state index contributed by atoms with van der Waals surface area (Å²) in [4.78, 5) is 46.1. The van der Waals surface area contributed by atoms with Crippen molar-refractivity contribution in [1.29, 1.82) is 0 Å². The van der Waals surface area contributed by atoms with Crippen molar-refractivity contribution in [2.24, 2.45) is 11.3 Å². The van der Waals surface area contributed by atoms with Crippen LogP contribution in [0.2, 0.25) is 0 Å². The van der Waals surface area contributed by atoms with E-state index in [0.29, 0.717) is 11.3 Å². The normalized spacial score (nSPS) is 23.1. The number of ether oxygens (including phenoxy) is 2. The summed E-state index contributed by atoms with van der Waals surface area (Å²) >= 11 is 0. The van der Waals surface area contributed by atoms with Gasteiger partial charge in [0.15, 0.2) is 5.65 Å². The van der Waals surface area contributed by atoms with Gasteiger partial charge in [0.1, 0.15) is 17.2 Å². The van der Waals surface area contributed by atoms with E-state index in [1.165, 1.54) is 31.5 Å². The maximum atomic E-state index is 14.3. The molecule has 2 aromatic rings. The van der Waals surface area contributed by atoms with Gasteiger partial charge in [-0.1, -0.05) is 0 Å². The minimum atomic E-state index is -4.90. The van der Waals surface area contributed by atoms with Crippen LogP contribution >= 0.6 is 0 Å². The van der Waals surface area contributed by atoms with Gasteiger partial charge < -0.3 is 19.7 Å². The van der Waals surface area contributed by atoms with Gasteiger partial charge in [0.2, 0.25) is 11.8 Å². The predicted octanol–water partition coefficient (Wildman–Crippen LogP) is 6.31. The lowest BCUT2D eigenvalue weighted by molar-refractivity contribution is -0.177. The van der Waals surface area contributed by atoms with E-state index in [1.807, 2.05) is 0 Å². The smallest absolute Gasteiger partial charge is 0.417 e. The fraction of sp³-hybridized carbons (Fsp3) is 0.719. The third-order valence-electron chi connectivity index (χ3n) is 8.32. The van der Waals surface area contributed by atoms with E-state index in [9.17, 15) is 36.3 Å². The summed E-state index contributed by atoms with van der Waals surface area (Å²) in [6, 6.07) is -1.61. The molecule has 11 nitrogen and oxygen atoms in total. The second kappa shape index (κ2) is 13.0. The van der Waals surface area contributed by atoms with Crippen LogP contribution in [0.15, 0.2) is 18.5 Å². The molecule has 0 spiro atoms. The van der Waals surface area contributed by atoms with Crippen LogP contribution in [0, 0.1) is 11.3 Å². The molecule has 3 heterocycles. The Morgan fingerprint density at radius 1 is 1.06 bits per heavy atom. The van der Waals surface area contributed by atoms with Crippen LogP contribution < -0.4 is 5.32 Å². The van der Waals surface area contributed by atoms with Gasteiger partial charge in [-0.3, -0.25) is 4.79 Å². The first kappa shape index (κ1) is 37.3. The van der Waals surface area contributed by atoms with Crippen molar-refractivity contribution in [2.75, 3.05) is 20.6 Å². The Hall–Kier alpha value is -3.56. The van der Waals surface area contributed by atoms with Crippen LogP contribution in [0.4, 0.5) is 31.5 Å². The van der Waals surface area contributed by atoms with Crippen LogP contribution in [-0.2, 0) is 20.7 Å². The largest absolute Gasteiger partial charge is 0.444 e. The highest BCUT2D eigenvalue weighted by molar-refractivity contribution is 5.98. The van der Waals surface area contributed by atoms with Gasteiger partial charge in [0.25, 0.3) is 0 Å². The highest BCUT2D eigenvalue weighted by Crippen LogP contribution is 2.46. The SMILES string of the molecule is CN(C)CC1(Cc2cnn3cc([C@@H](NC(=O)OC(C)(C)C)C4CCC(F)(F)CC4)nc3c2)C[C@@H](C(F)(F)F)N(C(=O)OC(C)(C)C)C1=O. The highest BCUT2D eigenvalue weighted by Gasteiger charge is 2.62. The molecule has 2 aromatic heterocycles. The van der Waals surface area contributed by atoms with Gasteiger partial charge in [-0.15, -0.1) is 0 Å². The lowest BCUT2D eigenvalue weighted by Crippen LogP contribution is -2.50. The molecule has 1 aliphatic carbocycles. The summed E-state index contributed by atoms with van der Waals surface area (Å²) < 4.78 is 83.1. The van der Waals surface area contributed by atoms with Crippen LogP contribution in [0.3, 0.4) is 0 Å². The lowest BCUT2D eigenvalue weighted by atomic mass is 9.78. The van der Waals surface area contributed by atoms with Gasteiger partial charge in [-0.05, 0) is 98.9 Å². The average molecular weight is 689 g/mol. The molecule has 0 aromatic carbocycles. The molecule has 3 atom stereocenters. The molecular formula is C32H45F5N6O5. The fourth-order valence-electron chi connectivity index (χ4n) is 6.51. The molecule has 1 saturated carbocycles. The topological polar surface area (TPSA) is 118 Å². The lowest BCUT2D eigenvalue weighted by Gasteiger charge is -2.33. The zero-order chi connectivity index (χ0) is 36.0. The molecule has 268 valence electrons. The number of carbonyl (C=O) groups is 3. The Labute approximate surface area is 276 Å². The van der Waals surface area contributed by atoms with E-state index in [4.69, 9.17) is 9.47 Å². The molecule has 0 radical (unpaired) electrons. The third kappa shape index (κ3) is 8.91. The fourth-order valence-corrected chi connectivity index (χ4v) is 6.51. The summed E-state index contributed by atoms with van der Waals surface area (Å²) in [5, 5.41) is 7.17. The maximum Gasteiger partial charge on any atom is 0.417 e. The zero-order valence-corrected chi connectivity index (χ0v) is 28.6. The average Bonchev–Trinajstić information content (AvgIpc) is 3.44. The molecule has 3 amide bonds. The Balaban J connectivity index is 1.69. The molecule has 2 aliphatic rings. The number of likely N-dealkylation sites (tertiary alicyclic amines) is 1. The Bertz CT molecular complexity index is 1510. The number of fused-ring (bicyclic) bond motifs is 1. The number of nitrogens with zero attached hydrogens (tertiary/aromatic N) is 5. The molecule has 1 aliphatic heterocycles. The quantitative estimate of drug-likeness (QED) is 0.337. The van der Waals surface area contributed by atoms with Gasteiger partial charge in [0, 0.05) is 19.4 Å². The minimum absolute atomic E-state index is 0.100. The van der Waals surface area contributed by atoms with Crippen LogP contribution in [0.25, 0.3) is 5.65 Å². The van der Waals surface area contributed by atoms with Gasteiger partial charge in [-0.2, -0.15) is 18.3 Å². The molecule has 4 rings (SSSR count). The first-order chi connectivity index (χ1) is 21.9. The number of carbonyl (C=O) groups excluding carboxylic acids is 3. The first-order valence-electron chi connectivity index (χ1n) is 15.9. The molecule has 0 bridgehead atoms. The number of hydrogen-bond acceptors (Lipinski definition) is 8. The summed E-state index contributed by atoms with van der Waals surface area (Å²) in [7, 11) is 3.24. The number of nitrogens with one attached hydrogen (secondary N) is 1.